The van der Waals surface area contributed by atoms with E-state index in [-0.39, 0.29) is 0 Å². The van der Waals surface area contributed by atoms with Gasteiger partial charge in [-0.25, -0.2) is 0 Å². The second-order valence-electron chi connectivity index (χ2n) is 5.08. The molecule has 2 aromatic rings. The van der Waals surface area contributed by atoms with Crippen LogP contribution >= 0.6 is 15.9 Å². The summed E-state index contributed by atoms with van der Waals surface area (Å²) in [5.74, 6) is 1.87. The van der Waals surface area contributed by atoms with E-state index < -0.39 is 0 Å². The molecular formula is C14H17BrN4. The van der Waals surface area contributed by atoms with E-state index in [2.05, 4.69) is 30.7 Å². The number of aromatic nitrogens is 3. The number of nitrogens with two attached hydrogens (primary N) is 1. The van der Waals surface area contributed by atoms with Crippen molar-refractivity contribution in [2.45, 2.75) is 38.6 Å². The van der Waals surface area contributed by atoms with Crippen LogP contribution in [0.15, 0.2) is 22.7 Å². The van der Waals surface area contributed by atoms with E-state index in [1.54, 1.807) is 0 Å². The van der Waals surface area contributed by atoms with Crippen LogP contribution in [0, 0.1) is 6.92 Å². The first-order valence-corrected chi connectivity index (χ1v) is 7.43. The second kappa shape index (κ2) is 4.96. The number of benzene rings is 1. The van der Waals surface area contributed by atoms with Gasteiger partial charge in [0, 0.05) is 16.1 Å². The summed E-state index contributed by atoms with van der Waals surface area (Å²) in [7, 11) is 0. The van der Waals surface area contributed by atoms with Crippen LogP contribution < -0.4 is 5.73 Å². The molecule has 3 rings (SSSR count). The summed E-state index contributed by atoms with van der Waals surface area (Å²) in [6.45, 7) is 2.02. The third kappa shape index (κ3) is 2.16. The maximum Gasteiger partial charge on any atom is 0.166 e. The van der Waals surface area contributed by atoms with E-state index in [1.165, 1.54) is 25.7 Å². The highest BCUT2D eigenvalue weighted by atomic mass is 79.9. The second-order valence-corrected chi connectivity index (χ2v) is 5.93. The lowest BCUT2D eigenvalue weighted by Crippen LogP contribution is -2.09. The lowest BCUT2D eigenvalue weighted by Gasteiger charge is -2.16. The molecule has 0 spiro atoms. The molecule has 0 amide bonds. The van der Waals surface area contributed by atoms with E-state index in [9.17, 15) is 0 Å². The van der Waals surface area contributed by atoms with Gasteiger partial charge in [-0.05, 0) is 47.8 Å². The van der Waals surface area contributed by atoms with Crippen molar-refractivity contribution in [3.05, 3.63) is 28.5 Å². The van der Waals surface area contributed by atoms with Gasteiger partial charge in [-0.2, -0.15) is 0 Å². The van der Waals surface area contributed by atoms with E-state index >= 15 is 0 Å². The highest BCUT2D eigenvalue weighted by Crippen LogP contribution is 2.36. The summed E-state index contributed by atoms with van der Waals surface area (Å²) in [4.78, 5) is 0. The van der Waals surface area contributed by atoms with Gasteiger partial charge < -0.3 is 10.3 Å². The average molecular weight is 321 g/mol. The molecule has 0 radical (unpaired) electrons. The molecule has 0 atom stereocenters. The highest BCUT2D eigenvalue weighted by Gasteiger charge is 2.24. The zero-order chi connectivity index (χ0) is 13.4. The van der Waals surface area contributed by atoms with Gasteiger partial charge in [0.25, 0.3) is 0 Å². The van der Waals surface area contributed by atoms with Crippen LogP contribution in [-0.4, -0.2) is 14.8 Å². The van der Waals surface area contributed by atoms with Gasteiger partial charge >= 0.3 is 0 Å². The Labute approximate surface area is 121 Å². The minimum Gasteiger partial charge on any atom is -0.397 e. The SMILES string of the molecule is Cc1nnc(-c2cccc(Br)c2N)n1C1CCCC1. The molecule has 1 aromatic heterocycles. The lowest BCUT2D eigenvalue weighted by atomic mass is 10.1. The summed E-state index contributed by atoms with van der Waals surface area (Å²) < 4.78 is 3.16. The molecule has 5 heteroatoms. The Hall–Kier alpha value is -1.36. The number of hydrogen-bond acceptors (Lipinski definition) is 3. The van der Waals surface area contributed by atoms with Gasteiger partial charge in [0.2, 0.25) is 0 Å². The van der Waals surface area contributed by atoms with E-state index in [4.69, 9.17) is 5.73 Å². The number of nitrogens with zero attached hydrogens (tertiary/aromatic N) is 3. The van der Waals surface area contributed by atoms with Gasteiger partial charge in [0.1, 0.15) is 5.82 Å². The number of rotatable bonds is 2. The fraction of sp³-hybridized carbons (Fsp3) is 0.429. The van der Waals surface area contributed by atoms with Crippen molar-refractivity contribution in [3.63, 3.8) is 0 Å². The molecular weight excluding hydrogens is 304 g/mol. The maximum absolute atomic E-state index is 6.16. The minimum absolute atomic E-state index is 0.517. The van der Waals surface area contributed by atoms with E-state index in [0.717, 1.165) is 27.4 Å². The molecule has 1 aromatic carbocycles. The van der Waals surface area contributed by atoms with Crippen LogP contribution in [0.5, 0.6) is 0 Å². The predicted octanol–water partition coefficient (Wildman–Crippen LogP) is 3.71. The molecule has 19 heavy (non-hydrogen) atoms. The van der Waals surface area contributed by atoms with Crippen molar-refractivity contribution in [2.24, 2.45) is 0 Å². The zero-order valence-corrected chi connectivity index (χ0v) is 12.5. The van der Waals surface area contributed by atoms with Gasteiger partial charge in [0.15, 0.2) is 5.82 Å². The standard InChI is InChI=1S/C14H17BrN4/c1-9-17-18-14(19(9)10-5-2-3-6-10)11-7-4-8-12(15)13(11)16/h4,7-8,10H,2-3,5-6,16H2,1H3. The Balaban J connectivity index is 2.12. The highest BCUT2D eigenvalue weighted by molar-refractivity contribution is 9.10. The van der Waals surface area contributed by atoms with Crippen LogP contribution in [-0.2, 0) is 0 Å². The van der Waals surface area contributed by atoms with Crippen LogP contribution in [0.1, 0.15) is 37.5 Å². The van der Waals surface area contributed by atoms with Crippen molar-refractivity contribution in [1.82, 2.24) is 14.8 Å². The van der Waals surface area contributed by atoms with Gasteiger partial charge in [0.05, 0.1) is 5.69 Å². The van der Waals surface area contributed by atoms with Crippen molar-refractivity contribution in [3.8, 4) is 11.4 Å². The van der Waals surface area contributed by atoms with Crippen molar-refractivity contribution >= 4 is 21.6 Å². The molecule has 1 heterocycles. The molecule has 0 bridgehead atoms. The van der Waals surface area contributed by atoms with E-state index in [1.807, 2.05) is 25.1 Å². The molecule has 100 valence electrons. The molecule has 0 unspecified atom stereocenters. The molecule has 4 nitrogen and oxygen atoms in total. The number of aryl methyl sites for hydroxylation is 1. The largest absolute Gasteiger partial charge is 0.397 e. The maximum atomic E-state index is 6.16. The summed E-state index contributed by atoms with van der Waals surface area (Å²) >= 11 is 3.48. The first kappa shape index (κ1) is 12.7. The third-order valence-electron chi connectivity index (χ3n) is 3.85. The van der Waals surface area contributed by atoms with Crippen LogP contribution in [0.4, 0.5) is 5.69 Å². The van der Waals surface area contributed by atoms with Gasteiger partial charge in [-0.3, -0.25) is 0 Å². The first-order chi connectivity index (χ1) is 9.18. The Kier molecular flexibility index (Phi) is 3.31. The summed E-state index contributed by atoms with van der Waals surface area (Å²) in [6.07, 6.45) is 4.99. The number of nitrogen functional groups attached to an aromatic ring is 1. The summed E-state index contributed by atoms with van der Waals surface area (Å²) in [5, 5.41) is 8.60. The van der Waals surface area contributed by atoms with Crippen LogP contribution in [0.3, 0.4) is 0 Å². The normalized spacial score (nSPS) is 16.1. The summed E-state index contributed by atoms with van der Waals surface area (Å²) in [5.41, 5.74) is 7.85. The van der Waals surface area contributed by atoms with Crippen molar-refractivity contribution in [1.29, 1.82) is 0 Å². The summed E-state index contributed by atoms with van der Waals surface area (Å²) in [6, 6.07) is 6.46. The number of para-hydroxylation sites is 1. The molecule has 1 saturated carbocycles. The predicted molar refractivity (Wildman–Crippen MR) is 79.8 cm³/mol. The molecule has 0 aliphatic heterocycles. The monoisotopic (exact) mass is 320 g/mol. The van der Waals surface area contributed by atoms with Crippen molar-refractivity contribution < 1.29 is 0 Å². The fourth-order valence-corrected chi connectivity index (χ4v) is 3.25. The Morgan fingerprint density at radius 1 is 1.26 bits per heavy atom. The lowest BCUT2D eigenvalue weighted by molar-refractivity contribution is 0.510. The number of hydrogen-bond donors (Lipinski definition) is 1. The molecule has 1 aliphatic rings. The molecule has 2 N–H and O–H groups in total. The van der Waals surface area contributed by atoms with Gasteiger partial charge in [-0.1, -0.05) is 18.9 Å². The first-order valence-electron chi connectivity index (χ1n) is 6.64. The minimum atomic E-state index is 0.517. The van der Waals surface area contributed by atoms with Crippen LogP contribution in [0.25, 0.3) is 11.4 Å². The topological polar surface area (TPSA) is 56.7 Å². The fourth-order valence-electron chi connectivity index (χ4n) is 2.88. The molecule has 0 saturated heterocycles. The van der Waals surface area contributed by atoms with E-state index in [0.29, 0.717) is 6.04 Å². The average Bonchev–Trinajstić information content (AvgIpc) is 3.02. The third-order valence-corrected chi connectivity index (χ3v) is 4.54. The van der Waals surface area contributed by atoms with Gasteiger partial charge in [-0.15, -0.1) is 10.2 Å². The number of halogens is 1. The Morgan fingerprint density at radius 3 is 2.74 bits per heavy atom. The smallest absolute Gasteiger partial charge is 0.166 e. The molecule has 1 aliphatic carbocycles. The zero-order valence-electron chi connectivity index (χ0n) is 10.9. The van der Waals surface area contributed by atoms with Crippen LogP contribution in [0.2, 0.25) is 0 Å². The van der Waals surface area contributed by atoms with Crippen molar-refractivity contribution in [2.75, 3.05) is 5.73 Å². The quantitative estimate of drug-likeness (QED) is 0.858. The Bertz CT molecular complexity index is 599. The number of anilines is 1. The Morgan fingerprint density at radius 2 is 2.00 bits per heavy atom. The molecule has 1 fully saturated rings.